The van der Waals surface area contributed by atoms with Crippen LogP contribution >= 0.6 is 11.6 Å². The van der Waals surface area contributed by atoms with Crippen molar-refractivity contribution in [3.8, 4) is 11.1 Å². The molecule has 0 bridgehead atoms. The van der Waals surface area contributed by atoms with Gasteiger partial charge in [0.15, 0.2) is 5.69 Å². The number of para-hydroxylation sites is 1. The van der Waals surface area contributed by atoms with Gasteiger partial charge in [-0.15, -0.1) is 0 Å². The Hall–Kier alpha value is -2.87. The van der Waals surface area contributed by atoms with Crippen LogP contribution in [0.5, 0.6) is 0 Å². The number of aryl methyl sites for hydroxylation is 2. The number of amides is 1. The molecule has 0 aliphatic heterocycles. The van der Waals surface area contributed by atoms with E-state index >= 15 is 0 Å². The van der Waals surface area contributed by atoms with Crippen LogP contribution in [0.25, 0.3) is 11.1 Å². The number of nitrogens with one attached hydrogen (secondary N) is 1. The smallest absolute Gasteiger partial charge is 0.321 e. The highest BCUT2D eigenvalue weighted by molar-refractivity contribution is 6.31. The second-order valence-corrected chi connectivity index (χ2v) is 6.55. The molecule has 0 aliphatic carbocycles. The number of carbonyl (C=O) groups excluding carboxylic acids is 1. The lowest BCUT2D eigenvalue weighted by molar-refractivity contribution is -0.141. The van der Waals surface area contributed by atoms with Gasteiger partial charge in [-0.2, -0.15) is 18.3 Å². The molecule has 1 heterocycles. The highest BCUT2D eigenvalue weighted by atomic mass is 35.5. The summed E-state index contributed by atoms with van der Waals surface area (Å²) >= 11 is 5.91. The number of aromatic nitrogens is 2. The Morgan fingerprint density at radius 2 is 1.86 bits per heavy atom. The lowest BCUT2D eigenvalue weighted by atomic mass is 10.0. The number of hydrogen-bond donors (Lipinski definition) is 1. The first kappa shape index (κ1) is 19.9. The molecule has 28 heavy (non-hydrogen) atoms. The molecule has 0 fully saturated rings. The Kier molecular flexibility index (Phi) is 5.16. The van der Waals surface area contributed by atoms with Crippen LogP contribution in [0.3, 0.4) is 0 Å². The first-order valence-corrected chi connectivity index (χ1v) is 8.43. The minimum Gasteiger partial charge on any atom is -0.321 e. The summed E-state index contributed by atoms with van der Waals surface area (Å²) in [5.74, 6) is -1.62. The van der Waals surface area contributed by atoms with E-state index in [4.69, 9.17) is 11.6 Å². The number of hydrogen-bond acceptors (Lipinski definition) is 2. The topological polar surface area (TPSA) is 46.9 Å². The van der Waals surface area contributed by atoms with Crippen LogP contribution in [-0.2, 0) is 13.2 Å². The van der Waals surface area contributed by atoms with Gasteiger partial charge in [0.1, 0.15) is 5.82 Å². The third-order valence-electron chi connectivity index (χ3n) is 4.06. The molecule has 1 amide bonds. The van der Waals surface area contributed by atoms with Gasteiger partial charge in [0.05, 0.1) is 5.56 Å². The molecule has 2 aromatic carbocycles. The number of rotatable bonds is 3. The predicted octanol–water partition coefficient (Wildman–Crippen LogP) is 5.46. The monoisotopic (exact) mass is 411 g/mol. The highest BCUT2D eigenvalue weighted by Gasteiger charge is 2.39. The minimum absolute atomic E-state index is 0.157. The normalized spacial score (nSPS) is 11.5. The summed E-state index contributed by atoms with van der Waals surface area (Å²) in [6, 6.07) is 8.88. The molecule has 0 saturated heterocycles. The summed E-state index contributed by atoms with van der Waals surface area (Å²) in [5.41, 5.74) is -0.669. The fraction of sp³-hybridized carbons (Fsp3) is 0.158. The van der Waals surface area contributed by atoms with Gasteiger partial charge in [0.2, 0.25) is 0 Å². The van der Waals surface area contributed by atoms with Crippen LogP contribution < -0.4 is 5.32 Å². The first-order chi connectivity index (χ1) is 13.1. The van der Waals surface area contributed by atoms with Gasteiger partial charge in [-0.3, -0.25) is 9.48 Å². The van der Waals surface area contributed by atoms with Gasteiger partial charge in [0.25, 0.3) is 5.91 Å². The second-order valence-electron chi connectivity index (χ2n) is 6.14. The van der Waals surface area contributed by atoms with E-state index < -0.39 is 29.2 Å². The van der Waals surface area contributed by atoms with Crippen LogP contribution in [0.1, 0.15) is 21.6 Å². The number of benzene rings is 2. The van der Waals surface area contributed by atoms with Gasteiger partial charge in [-0.1, -0.05) is 29.8 Å². The van der Waals surface area contributed by atoms with Crippen LogP contribution in [0, 0.1) is 12.7 Å². The van der Waals surface area contributed by atoms with E-state index in [0.29, 0.717) is 11.1 Å². The average Bonchev–Trinajstić information content (AvgIpc) is 3.01. The predicted molar refractivity (Wildman–Crippen MR) is 97.7 cm³/mol. The SMILES string of the molecule is Cc1cc(-c2ccccc2NC(=O)c2cn(C)nc2C(F)(F)F)c(F)cc1Cl. The molecule has 0 unspecified atom stereocenters. The van der Waals surface area contributed by atoms with E-state index in [2.05, 4.69) is 10.4 Å². The van der Waals surface area contributed by atoms with Crippen molar-refractivity contribution >= 4 is 23.2 Å². The Morgan fingerprint density at radius 3 is 2.54 bits per heavy atom. The van der Waals surface area contributed by atoms with Gasteiger partial charge in [-0.25, -0.2) is 4.39 Å². The molecule has 0 radical (unpaired) electrons. The van der Waals surface area contributed by atoms with E-state index in [9.17, 15) is 22.4 Å². The number of alkyl halides is 3. The Bertz CT molecular complexity index is 1060. The van der Waals surface area contributed by atoms with Crippen molar-refractivity contribution in [3.63, 3.8) is 0 Å². The molecule has 146 valence electrons. The molecule has 1 aromatic heterocycles. The van der Waals surface area contributed by atoms with Crippen molar-refractivity contribution < 1.29 is 22.4 Å². The number of halogens is 5. The van der Waals surface area contributed by atoms with Gasteiger partial charge < -0.3 is 5.32 Å². The third-order valence-corrected chi connectivity index (χ3v) is 4.46. The summed E-state index contributed by atoms with van der Waals surface area (Å²) in [4.78, 5) is 12.5. The Morgan fingerprint density at radius 1 is 1.18 bits per heavy atom. The molecule has 0 aliphatic rings. The third kappa shape index (κ3) is 3.87. The van der Waals surface area contributed by atoms with Gasteiger partial charge in [-0.05, 0) is 30.7 Å². The lowest BCUT2D eigenvalue weighted by Crippen LogP contribution is -2.18. The maximum atomic E-state index is 14.4. The molecule has 3 rings (SSSR count). The van der Waals surface area contributed by atoms with E-state index in [1.165, 1.54) is 19.2 Å². The average molecular weight is 412 g/mol. The Labute approximate surface area is 162 Å². The van der Waals surface area contributed by atoms with Crippen LogP contribution in [0.2, 0.25) is 5.02 Å². The van der Waals surface area contributed by atoms with Crippen LogP contribution in [0.15, 0.2) is 42.6 Å². The standard InChI is InChI=1S/C19H14ClF4N3O/c1-10-7-12(15(21)8-14(10)20)11-5-3-4-6-16(11)25-18(28)13-9-27(2)26-17(13)19(22,23)24/h3-9H,1-2H3,(H,25,28). The Balaban J connectivity index is 2.02. The molecule has 0 atom stereocenters. The molecule has 0 spiro atoms. The van der Waals surface area contributed by atoms with E-state index in [1.54, 1.807) is 25.1 Å². The molecular formula is C19H14ClF4N3O. The van der Waals surface area contributed by atoms with Gasteiger partial charge >= 0.3 is 6.18 Å². The first-order valence-electron chi connectivity index (χ1n) is 8.05. The number of nitrogens with zero attached hydrogens (tertiary/aromatic N) is 2. The molecule has 9 heteroatoms. The lowest BCUT2D eigenvalue weighted by Gasteiger charge is -2.13. The molecule has 4 nitrogen and oxygen atoms in total. The zero-order valence-electron chi connectivity index (χ0n) is 14.7. The maximum Gasteiger partial charge on any atom is 0.435 e. The fourth-order valence-electron chi connectivity index (χ4n) is 2.74. The van der Waals surface area contributed by atoms with Crippen LogP contribution in [0.4, 0.5) is 23.2 Å². The largest absolute Gasteiger partial charge is 0.435 e. The van der Waals surface area contributed by atoms with Crippen molar-refractivity contribution in [1.29, 1.82) is 0 Å². The highest BCUT2D eigenvalue weighted by Crippen LogP contribution is 2.34. The summed E-state index contributed by atoms with van der Waals surface area (Å²) in [6.45, 7) is 1.69. The maximum absolute atomic E-state index is 14.4. The van der Waals surface area contributed by atoms with E-state index in [0.717, 1.165) is 16.9 Å². The van der Waals surface area contributed by atoms with Gasteiger partial charge in [0, 0.05) is 35.1 Å². The zero-order valence-corrected chi connectivity index (χ0v) is 15.5. The van der Waals surface area contributed by atoms with Crippen molar-refractivity contribution in [2.45, 2.75) is 13.1 Å². The zero-order chi connectivity index (χ0) is 20.6. The van der Waals surface area contributed by atoms with Crippen molar-refractivity contribution in [1.82, 2.24) is 9.78 Å². The van der Waals surface area contributed by atoms with Crippen LogP contribution in [-0.4, -0.2) is 15.7 Å². The summed E-state index contributed by atoms with van der Waals surface area (Å²) in [6.07, 6.45) is -3.80. The van der Waals surface area contributed by atoms with E-state index in [-0.39, 0.29) is 16.3 Å². The van der Waals surface area contributed by atoms with Crippen molar-refractivity contribution in [3.05, 3.63) is 70.3 Å². The van der Waals surface area contributed by atoms with E-state index in [1.807, 2.05) is 0 Å². The molecular weight excluding hydrogens is 398 g/mol. The number of anilines is 1. The van der Waals surface area contributed by atoms with Crippen molar-refractivity contribution in [2.75, 3.05) is 5.32 Å². The quantitative estimate of drug-likeness (QED) is 0.582. The molecule has 0 saturated carbocycles. The molecule has 1 N–H and O–H groups in total. The molecule has 3 aromatic rings. The summed E-state index contributed by atoms with van der Waals surface area (Å²) in [5, 5.41) is 5.98. The fourth-order valence-corrected chi connectivity index (χ4v) is 2.89. The summed E-state index contributed by atoms with van der Waals surface area (Å²) in [7, 11) is 1.28. The summed E-state index contributed by atoms with van der Waals surface area (Å²) < 4.78 is 54.7. The minimum atomic E-state index is -4.78. The number of carbonyl (C=O) groups is 1. The van der Waals surface area contributed by atoms with Crippen molar-refractivity contribution in [2.24, 2.45) is 7.05 Å². The second kappa shape index (κ2) is 7.27.